The molecule has 1 fully saturated rings. The van der Waals surface area contributed by atoms with Crippen LogP contribution in [0.3, 0.4) is 0 Å². The zero-order chi connectivity index (χ0) is 10.5. The molecule has 3 heteroatoms. The molecule has 0 bridgehead atoms. The molecule has 1 aliphatic heterocycles. The average Bonchev–Trinajstić information content (AvgIpc) is 2.30. The summed E-state index contributed by atoms with van der Waals surface area (Å²) in [5.74, 6) is 0.912. The van der Waals surface area contributed by atoms with Crippen molar-refractivity contribution in [2.45, 2.75) is 13.0 Å². The van der Waals surface area contributed by atoms with Gasteiger partial charge in [0.25, 0.3) is 0 Å². The van der Waals surface area contributed by atoms with E-state index < -0.39 is 0 Å². The van der Waals surface area contributed by atoms with Gasteiger partial charge in [0.15, 0.2) is 0 Å². The molecule has 2 rings (SSSR count). The largest absolute Gasteiger partial charge is 0.491 e. The molecule has 1 heterocycles. The molecule has 1 aliphatic rings. The summed E-state index contributed by atoms with van der Waals surface area (Å²) in [6, 6.07) is 8.09. The molecule has 1 aromatic carbocycles. The Bertz CT molecular complexity index is 291. The number of ether oxygens (including phenoxy) is 2. The Hall–Kier alpha value is -1.06. The van der Waals surface area contributed by atoms with Crippen LogP contribution >= 0.6 is 0 Å². The van der Waals surface area contributed by atoms with Gasteiger partial charge >= 0.3 is 0 Å². The number of nitrogens with one attached hydrogen (secondary N) is 1. The minimum absolute atomic E-state index is 0.181. The van der Waals surface area contributed by atoms with Crippen LogP contribution in [0.4, 0.5) is 0 Å². The Kier molecular flexibility index (Phi) is 3.59. The zero-order valence-electron chi connectivity index (χ0n) is 9.03. The van der Waals surface area contributed by atoms with Gasteiger partial charge in [0, 0.05) is 13.1 Å². The second-order valence-corrected chi connectivity index (χ2v) is 3.82. The molecule has 0 aliphatic carbocycles. The molecular weight excluding hydrogens is 190 g/mol. The second-order valence-electron chi connectivity index (χ2n) is 3.82. The highest BCUT2D eigenvalue weighted by molar-refractivity contribution is 5.26. The van der Waals surface area contributed by atoms with Crippen molar-refractivity contribution < 1.29 is 9.47 Å². The summed E-state index contributed by atoms with van der Waals surface area (Å²) in [6.45, 7) is 5.29. The molecule has 1 atom stereocenters. The normalized spacial score (nSPS) is 21.3. The zero-order valence-corrected chi connectivity index (χ0v) is 9.03. The van der Waals surface area contributed by atoms with Crippen LogP contribution in [0.15, 0.2) is 24.3 Å². The molecule has 0 radical (unpaired) electrons. The molecule has 0 saturated carbocycles. The monoisotopic (exact) mass is 207 g/mol. The molecule has 3 nitrogen and oxygen atoms in total. The van der Waals surface area contributed by atoms with Crippen LogP contribution in [0.5, 0.6) is 5.75 Å². The molecule has 0 aromatic heterocycles. The maximum absolute atomic E-state index is 5.64. The van der Waals surface area contributed by atoms with Gasteiger partial charge in [0.2, 0.25) is 0 Å². The van der Waals surface area contributed by atoms with E-state index in [2.05, 4.69) is 24.4 Å². The number of hydrogen-bond donors (Lipinski definition) is 1. The second kappa shape index (κ2) is 5.14. The topological polar surface area (TPSA) is 30.5 Å². The first kappa shape index (κ1) is 10.5. The van der Waals surface area contributed by atoms with E-state index in [1.807, 2.05) is 12.1 Å². The summed E-state index contributed by atoms with van der Waals surface area (Å²) < 4.78 is 11.2. The minimum atomic E-state index is 0.181. The summed E-state index contributed by atoms with van der Waals surface area (Å²) in [5.41, 5.74) is 1.25. The fraction of sp³-hybridized carbons (Fsp3) is 0.500. The van der Waals surface area contributed by atoms with Gasteiger partial charge in [-0.05, 0) is 19.1 Å². The van der Waals surface area contributed by atoms with Crippen LogP contribution in [-0.4, -0.2) is 32.4 Å². The standard InChI is InChI=1S/C12H17NO2/c1-10-2-4-11(5-3-10)15-9-12-8-13-6-7-14-12/h2-5,12-13H,6-9H2,1H3. The molecule has 1 N–H and O–H groups in total. The fourth-order valence-electron chi connectivity index (χ4n) is 1.55. The lowest BCUT2D eigenvalue weighted by atomic mass is 10.2. The van der Waals surface area contributed by atoms with E-state index in [4.69, 9.17) is 9.47 Å². The molecule has 1 unspecified atom stereocenters. The lowest BCUT2D eigenvalue weighted by molar-refractivity contribution is 0.000194. The van der Waals surface area contributed by atoms with E-state index in [1.165, 1.54) is 5.56 Å². The van der Waals surface area contributed by atoms with Crippen molar-refractivity contribution in [3.63, 3.8) is 0 Å². The summed E-state index contributed by atoms with van der Waals surface area (Å²) in [4.78, 5) is 0. The molecule has 82 valence electrons. The number of aryl methyl sites for hydroxylation is 1. The Labute approximate surface area is 90.4 Å². The van der Waals surface area contributed by atoms with Gasteiger partial charge < -0.3 is 14.8 Å². The number of benzene rings is 1. The van der Waals surface area contributed by atoms with Crippen LogP contribution in [0.2, 0.25) is 0 Å². The molecule has 0 spiro atoms. The lowest BCUT2D eigenvalue weighted by Gasteiger charge is -2.23. The molecule has 15 heavy (non-hydrogen) atoms. The molecule has 1 saturated heterocycles. The third-order valence-electron chi connectivity index (χ3n) is 2.46. The third kappa shape index (κ3) is 3.22. The van der Waals surface area contributed by atoms with Gasteiger partial charge in [0.05, 0.1) is 6.61 Å². The van der Waals surface area contributed by atoms with Crippen molar-refractivity contribution in [3.8, 4) is 5.75 Å². The van der Waals surface area contributed by atoms with Gasteiger partial charge in [-0.1, -0.05) is 17.7 Å². The van der Waals surface area contributed by atoms with E-state index in [9.17, 15) is 0 Å². The summed E-state index contributed by atoms with van der Waals surface area (Å²) >= 11 is 0. The van der Waals surface area contributed by atoms with Gasteiger partial charge in [-0.15, -0.1) is 0 Å². The van der Waals surface area contributed by atoms with Gasteiger partial charge in [-0.2, -0.15) is 0 Å². The van der Waals surface area contributed by atoms with Crippen molar-refractivity contribution in [2.75, 3.05) is 26.3 Å². The smallest absolute Gasteiger partial charge is 0.119 e. The van der Waals surface area contributed by atoms with Gasteiger partial charge in [0.1, 0.15) is 18.5 Å². The van der Waals surface area contributed by atoms with E-state index in [0.29, 0.717) is 6.61 Å². The minimum Gasteiger partial charge on any atom is -0.491 e. The van der Waals surface area contributed by atoms with Crippen molar-refractivity contribution in [1.82, 2.24) is 5.32 Å². The van der Waals surface area contributed by atoms with Crippen molar-refractivity contribution in [1.29, 1.82) is 0 Å². The van der Waals surface area contributed by atoms with Crippen LogP contribution < -0.4 is 10.1 Å². The maximum Gasteiger partial charge on any atom is 0.119 e. The molecule has 1 aromatic rings. The quantitative estimate of drug-likeness (QED) is 0.812. The fourth-order valence-corrected chi connectivity index (χ4v) is 1.55. The van der Waals surface area contributed by atoms with E-state index in [0.717, 1.165) is 25.4 Å². The van der Waals surface area contributed by atoms with E-state index in [1.54, 1.807) is 0 Å². The number of rotatable bonds is 3. The van der Waals surface area contributed by atoms with Crippen LogP contribution in [0.1, 0.15) is 5.56 Å². The number of hydrogen-bond acceptors (Lipinski definition) is 3. The van der Waals surface area contributed by atoms with Crippen LogP contribution in [0, 0.1) is 6.92 Å². The van der Waals surface area contributed by atoms with Crippen molar-refractivity contribution in [3.05, 3.63) is 29.8 Å². The van der Waals surface area contributed by atoms with Crippen molar-refractivity contribution in [2.24, 2.45) is 0 Å². The summed E-state index contributed by atoms with van der Waals surface area (Å²) in [5, 5.41) is 3.28. The van der Waals surface area contributed by atoms with Gasteiger partial charge in [-0.25, -0.2) is 0 Å². The lowest BCUT2D eigenvalue weighted by Crippen LogP contribution is -2.41. The Morgan fingerprint density at radius 2 is 2.20 bits per heavy atom. The predicted molar refractivity (Wildman–Crippen MR) is 59.3 cm³/mol. The number of morpholine rings is 1. The van der Waals surface area contributed by atoms with Crippen LogP contribution in [0.25, 0.3) is 0 Å². The Morgan fingerprint density at radius 3 is 2.87 bits per heavy atom. The van der Waals surface area contributed by atoms with E-state index >= 15 is 0 Å². The summed E-state index contributed by atoms with van der Waals surface area (Å²) in [7, 11) is 0. The molecule has 0 amide bonds. The third-order valence-corrected chi connectivity index (χ3v) is 2.46. The van der Waals surface area contributed by atoms with Gasteiger partial charge in [-0.3, -0.25) is 0 Å². The highest BCUT2D eigenvalue weighted by atomic mass is 16.5. The van der Waals surface area contributed by atoms with Crippen molar-refractivity contribution >= 4 is 0 Å². The molecular formula is C12H17NO2. The Balaban J connectivity index is 1.79. The highest BCUT2D eigenvalue weighted by Crippen LogP contribution is 2.12. The predicted octanol–water partition coefficient (Wildman–Crippen LogP) is 1.36. The van der Waals surface area contributed by atoms with Crippen LogP contribution in [-0.2, 0) is 4.74 Å². The summed E-state index contributed by atoms with van der Waals surface area (Å²) in [6.07, 6.45) is 0.181. The SMILES string of the molecule is Cc1ccc(OCC2CNCCO2)cc1. The first-order valence-corrected chi connectivity index (χ1v) is 5.36. The Morgan fingerprint density at radius 1 is 1.40 bits per heavy atom. The maximum atomic E-state index is 5.64. The highest BCUT2D eigenvalue weighted by Gasteiger charge is 2.13. The first-order valence-electron chi connectivity index (χ1n) is 5.36. The first-order chi connectivity index (χ1) is 7.34. The average molecular weight is 207 g/mol. The van der Waals surface area contributed by atoms with E-state index in [-0.39, 0.29) is 6.10 Å².